The smallest absolute Gasteiger partial charge is 0.336 e. The zero-order chi connectivity index (χ0) is 27.7. The van der Waals surface area contributed by atoms with Gasteiger partial charge in [0.2, 0.25) is 12.2 Å². The van der Waals surface area contributed by atoms with Gasteiger partial charge in [0, 0.05) is 24.4 Å². The van der Waals surface area contributed by atoms with Crippen LogP contribution in [0.2, 0.25) is 0 Å². The van der Waals surface area contributed by atoms with Crippen LogP contribution >= 0.6 is 0 Å². The molecule has 0 spiro atoms. The Balaban J connectivity index is 1.58. The number of nitrogens with two attached hydrogens (primary N) is 1. The van der Waals surface area contributed by atoms with Gasteiger partial charge in [-0.3, -0.25) is 4.79 Å². The molecule has 1 amide bonds. The Bertz CT molecular complexity index is 1190. The Morgan fingerprint density at radius 2 is 1.71 bits per heavy atom. The van der Waals surface area contributed by atoms with Crippen LogP contribution in [0, 0.1) is 6.92 Å². The van der Waals surface area contributed by atoms with Gasteiger partial charge in [0.25, 0.3) is 0 Å². The van der Waals surface area contributed by atoms with Gasteiger partial charge in [-0.1, -0.05) is 0 Å². The first-order chi connectivity index (χ1) is 18.0. The molecule has 3 heterocycles. The van der Waals surface area contributed by atoms with E-state index in [1.807, 2.05) is 0 Å². The summed E-state index contributed by atoms with van der Waals surface area (Å²) in [4.78, 5) is 23.7. The van der Waals surface area contributed by atoms with Crippen molar-refractivity contribution < 1.29 is 53.7 Å². The molecule has 10 atom stereocenters. The zero-order valence-electron chi connectivity index (χ0n) is 20.7. The van der Waals surface area contributed by atoms with Crippen LogP contribution in [0.25, 0.3) is 11.0 Å². The zero-order valence-corrected chi connectivity index (χ0v) is 20.7. The second-order valence-electron chi connectivity index (χ2n) is 9.35. The fourth-order valence-corrected chi connectivity index (χ4v) is 4.62. The van der Waals surface area contributed by atoms with Crippen LogP contribution < -0.4 is 21.4 Å². The highest BCUT2D eigenvalue weighted by atomic mass is 16.7. The number of aliphatic hydroxyl groups excluding tert-OH is 5. The highest BCUT2D eigenvalue weighted by molar-refractivity contribution is 5.81. The van der Waals surface area contributed by atoms with Gasteiger partial charge < -0.3 is 59.9 Å². The summed E-state index contributed by atoms with van der Waals surface area (Å²) < 4.78 is 28.2. The van der Waals surface area contributed by atoms with Crippen molar-refractivity contribution in [3.05, 3.63) is 40.2 Å². The molecule has 2 aliphatic heterocycles. The average molecular weight is 541 g/mol. The van der Waals surface area contributed by atoms with Crippen LogP contribution in [0.1, 0.15) is 12.5 Å². The van der Waals surface area contributed by atoms with Crippen molar-refractivity contribution >= 4 is 16.9 Å². The van der Waals surface area contributed by atoms with Gasteiger partial charge in [0.05, 0.1) is 19.3 Å². The van der Waals surface area contributed by atoms with Crippen molar-refractivity contribution in [1.82, 2.24) is 5.32 Å². The molecule has 2 aliphatic rings. The van der Waals surface area contributed by atoms with Gasteiger partial charge in [-0.2, -0.15) is 0 Å². The first kappa shape index (κ1) is 28.4. The summed E-state index contributed by atoms with van der Waals surface area (Å²) in [5, 5.41) is 54.1. The number of carbonyl (C=O) groups is 1. The lowest BCUT2D eigenvalue weighted by Gasteiger charge is -2.47. The number of amides is 1. The Hall–Kier alpha value is -2.66. The van der Waals surface area contributed by atoms with E-state index in [1.165, 1.54) is 19.1 Å². The number of carbonyl (C=O) groups excluding carboxylic acids is 1. The Labute approximate surface area is 216 Å². The standard InChI is InChI=1S/C24H32N2O12/c1-9-5-16(30)35-13-6-11(3-4-12(9)13)34-24-18(26-10(2)29)21(33)22(15(8-28)37-24)38-23-17(25)20(32)19(31)14(7-27)36-23/h3-6,14-15,17-24,27-28,31-33H,7-8,25H2,1-2H3,(H,26,29)/t14-,15-,17-,18-,19-,20-,21-,22-,23+,24-/m1/s1. The van der Waals surface area contributed by atoms with Crippen molar-refractivity contribution in [2.45, 2.75) is 75.1 Å². The Morgan fingerprint density at radius 3 is 2.37 bits per heavy atom. The van der Waals surface area contributed by atoms with Crippen LogP contribution in [0.15, 0.2) is 33.5 Å². The second-order valence-corrected chi connectivity index (χ2v) is 9.35. The minimum atomic E-state index is -1.54. The van der Waals surface area contributed by atoms with Gasteiger partial charge in [-0.15, -0.1) is 0 Å². The monoisotopic (exact) mass is 540 g/mol. The summed E-state index contributed by atoms with van der Waals surface area (Å²) in [5.41, 5.74) is 6.35. The molecule has 0 radical (unpaired) electrons. The van der Waals surface area contributed by atoms with E-state index in [2.05, 4.69) is 5.32 Å². The molecule has 2 aromatic rings. The highest BCUT2D eigenvalue weighted by Gasteiger charge is 2.51. The lowest BCUT2D eigenvalue weighted by Crippen LogP contribution is -2.69. The quantitative estimate of drug-likeness (QED) is 0.177. The predicted octanol–water partition coefficient (Wildman–Crippen LogP) is -2.79. The number of rotatable bonds is 7. The number of aryl methyl sites for hydroxylation is 1. The summed E-state index contributed by atoms with van der Waals surface area (Å²) in [7, 11) is 0. The van der Waals surface area contributed by atoms with Gasteiger partial charge in [0.1, 0.15) is 54.0 Å². The lowest BCUT2D eigenvalue weighted by molar-refractivity contribution is -0.322. The van der Waals surface area contributed by atoms with E-state index in [9.17, 15) is 35.1 Å². The van der Waals surface area contributed by atoms with Gasteiger partial charge in [-0.25, -0.2) is 4.79 Å². The molecular weight excluding hydrogens is 508 g/mol. The molecule has 4 rings (SSSR count). The topological polar surface area (TPSA) is 223 Å². The molecule has 2 saturated heterocycles. The van der Waals surface area contributed by atoms with Crippen molar-refractivity contribution in [2.75, 3.05) is 13.2 Å². The lowest BCUT2D eigenvalue weighted by atomic mass is 9.95. The fourth-order valence-electron chi connectivity index (χ4n) is 4.62. The molecule has 0 bridgehead atoms. The third-order valence-electron chi connectivity index (χ3n) is 6.62. The first-order valence-corrected chi connectivity index (χ1v) is 12.0. The maximum atomic E-state index is 12.0. The number of hydrogen-bond acceptors (Lipinski definition) is 13. The fraction of sp³-hybridized carbons (Fsp3) is 0.583. The Kier molecular flexibility index (Phi) is 8.66. The molecule has 1 aromatic carbocycles. The number of benzene rings is 1. The molecule has 210 valence electrons. The molecule has 38 heavy (non-hydrogen) atoms. The third-order valence-corrected chi connectivity index (χ3v) is 6.62. The van der Waals surface area contributed by atoms with Crippen LogP contribution in [0.3, 0.4) is 0 Å². The third kappa shape index (κ3) is 5.68. The maximum Gasteiger partial charge on any atom is 0.336 e. The number of fused-ring (bicyclic) bond motifs is 1. The van der Waals surface area contributed by atoms with Crippen molar-refractivity contribution in [3.8, 4) is 5.75 Å². The maximum absolute atomic E-state index is 12.0. The Morgan fingerprint density at radius 1 is 1.03 bits per heavy atom. The molecule has 2 fully saturated rings. The minimum absolute atomic E-state index is 0.190. The highest BCUT2D eigenvalue weighted by Crippen LogP contribution is 2.31. The van der Waals surface area contributed by atoms with Gasteiger partial charge in [-0.05, 0) is 24.6 Å². The molecule has 1 aromatic heterocycles. The van der Waals surface area contributed by atoms with Gasteiger partial charge >= 0.3 is 5.63 Å². The minimum Gasteiger partial charge on any atom is -0.462 e. The molecule has 0 aliphatic carbocycles. The predicted molar refractivity (Wildman–Crippen MR) is 128 cm³/mol. The molecule has 14 nitrogen and oxygen atoms in total. The summed E-state index contributed by atoms with van der Waals surface area (Å²) in [5.74, 6) is -0.340. The first-order valence-electron chi connectivity index (χ1n) is 12.0. The molecule has 0 unspecified atom stereocenters. The van der Waals surface area contributed by atoms with E-state index in [4.69, 9.17) is 29.1 Å². The van der Waals surface area contributed by atoms with Crippen LogP contribution in [-0.4, -0.2) is 106 Å². The normalized spacial score (nSPS) is 35.7. The molecule has 14 heteroatoms. The van der Waals surface area contributed by atoms with E-state index in [0.717, 1.165) is 0 Å². The molecule has 0 saturated carbocycles. The van der Waals surface area contributed by atoms with E-state index in [0.29, 0.717) is 10.9 Å². The van der Waals surface area contributed by atoms with E-state index in [1.54, 1.807) is 19.1 Å². The van der Waals surface area contributed by atoms with Crippen molar-refractivity contribution in [2.24, 2.45) is 5.73 Å². The summed E-state index contributed by atoms with van der Waals surface area (Å²) >= 11 is 0. The summed E-state index contributed by atoms with van der Waals surface area (Å²) in [6.45, 7) is 1.67. The van der Waals surface area contributed by atoms with Crippen LogP contribution in [-0.2, 0) is 19.0 Å². The summed E-state index contributed by atoms with van der Waals surface area (Å²) in [6, 6.07) is 3.57. The van der Waals surface area contributed by atoms with Crippen molar-refractivity contribution in [1.29, 1.82) is 0 Å². The summed E-state index contributed by atoms with van der Waals surface area (Å²) in [6.07, 6.45) is -11.0. The number of hydrogen-bond donors (Lipinski definition) is 7. The van der Waals surface area contributed by atoms with Crippen molar-refractivity contribution in [3.63, 3.8) is 0 Å². The van der Waals surface area contributed by atoms with Crippen LogP contribution in [0.4, 0.5) is 0 Å². The number of ether oxygens (including phenoxy) is 4. The second kappa shape index (κ2) is 11.6. The molecular formula is C24H32N2O12. The van der Waals surface area contributed by atoms with E-state index in [-0.39, 0.29) is 11.3 Å². The SMILES string of the molecule is CC(=O)N[C@H]1[C@H](Oc2ccc3c(C)cc(=O)oc3c2)O[C@H](CO)[C@@H](O[C@@H]2O[C@H](CO)[C@@H](O)[C@H](O)[C@H]2N)[C@@H]1O. The largest absolute Gasteiger partial charge is 0.462 e. The number of aliphatic hydroxyl groups is 5. The van der Waals surface area contributed by atoms with Crippen LogP contribution in [0.5, 0.6) is 5.75 Å². The number of nitrogens with one attached hydrogen (secondary N) is 1. The van der Waals surface area contributed by atoms with E-state index < -0.39 is 86.0 Å². The van der Waals surface area contributed by atoms with E-state index >= 15 is 0 Å². The molecule has 8 N–H and O–H groups in total. The average Bonchev–Trinajstić information content (AvgIpc) is 2.87. The van der Waals surface area contributed by atoms with Gasteiger partial charge in [0.15, 0.2) is 6.29 Å².